The molecule has 0 bridgehead atoms. The number of nitrogens with one attached hydrogen (secondary N) is 1. The fourth-order valence-electron chi connectivity index (χ4n) is 1.78. The molecule has 0 saturated carbocycles. The summed E-state index contributed by atoms with van der Waals surface area (Å²) in [5, 5.41) is 2.30. The highest BCUT2D eigenvalue weighted by Gasteiger charge is 2.41. The van der Waals surface area contributed by atoms with Gasteiger partial charge in [0.1, 0.15) is 12.6 Å². The average Bonchev–Trinajstić information content (AvgIpc) is 2.44. The van der Waals surface area contributed by atoms with Crippen molar-refractivity contribution in [2.24, 2.45) is 17.6 Å². The maximum Gasteiger partial charge on any atom is 0.320 e. The van der Waals surface area contributed by atoms with Gasteiger partial charge in [0.15, 0.2) is 5.92 Å². The number of esters is 2. The molecule has 0 saturated heterocycles. The fraction of sp³-hybridized carbons (Fsp3) is 0.667. The summed E-state index contributed by atoms with van der Waals surface area (Å²) in [4.78, 5) is 46.3. The molecule has 2 atom stereocenters. The van der Waals surface area contributed by atoms with E-state index in [0.29, 0.717) is 0 Å². The zero-order valence-corrected chi connectivity index (χ0v) is 12.4. The van der Waals surface area contributed by atoms with E-state index in [1.54, 1.807) is 0 Å². The number of hydrogen-bond donors (Lipinski definition) is 2. The molecule has 0 aliphatic carbocycles. The number of nitrogens with two attached hydrogens (primary N) is 1. The summed E-state index contributed by atoms with van der Waals surface area (Å²) in [6.45, 7) is 1.11. The SMILES string of the molecule is COCC(=O)N[C@@H](C(N)=O)[C@@H](C)C(C(=O)OC)C(=O)OC. The van der Waals surface area contributed by atoms with Crippen LogP contribution in [0, 0.1) is 11.8 Å². The van der Waals surface area contributed by atoms with Crippen LogP contribution in [0.25, 0.3) is 0 Å². The van der Waals surface area contributed by atoms with Crippen molar-refractivity contribution >= 4 is 23.8 Å². The summed E-state index contributed by atoms with van der Waals surface area (Å²) in [7, 11) is 3.48. The molecule has 0 spiro atoms. The predicted molar refractivity (Wildman–Crippen MR) is 69.7 cm³/mol. The lowest BCUT2D eigenvalue weighted by atomic mass is 9.87. The first-order chi connectivity index (χ1) is 9.79. The number of primary amides is 1. The topological polar surface area (TPSA) is 134 Å². The first-order valence-electron chi connectivity index (χ1n) is 6.03. The molecule has 9 heteroatoms. The molecular formula is C12H20N2O7. The summed E-state index contributed by atoms with van der Waals surface area (Å²) in [5.41, 5.74) is 5.20. The third kappa shape index (κ3) is 5.38. The molecule has 0 radical (unpaired) electrons. The first-order valence-corrected chi connectivity index (χ1v) is 6.03. The molecule has 0 aromatic carbocycles. The highest BCUT2D eigenvalue weighted by atomic mass is 16.5. The van der Waals surface area contributed by atoms with Gasteiger partial charge in [0, 0.05) is 13.0 Å². The van der Waals surface area contributed by atoms with Gasteiger partial charge in [0.05, 0.1) is 14.2 Å². The Kier molecular flexibility index (Phi) is 7.99. The third-order valence-corrected chi connectivity index (χ3v) is 2.86. The van der Waals surface area contributed by atoms with Crippen molar-refractivity contribution in [1.82, 2.24) is 5.32 Å². The molecule has 2 amide bonds. The number of amides is 2. The Hall–Kier alpha value is -2.16. The minimum Gasteiger partial charge on any atom is -0.468 e. The number of methoxy groups -OCH3 is 3. The summed E-state index contributed by atoms with van der Waals surface area (Å²) in [6.07, 6.45) is 0. The van der Waals surface area contributed by atoms with E-state index >= 15 is 0 Å². The summed E-state index contributed by atoms with van der Waals surface area (Å²) >= 11 is 0. The van der Waals surface area contributed by atoms with Crippen LogP contribution in [0.2, 0.25) is 0 Å². The van der Waals surface area contributed by atoms with Gasteiger partial charge in [-0.15, -0.1) is 0 Å². The Balaban J connectivity index is 5.26. The largest absolute Gasteiger partial charge is 0.468 e. The van der Waals surface area contributed by atoms with Crippen molar-refractivity contribution in [3.63, 3.8) is 0 Å². The van der Waals surface area contributed by atoms with Gasteiger partial charge in [-0.2, -0.15) is 0 Å². The van der Waals surface area contributed by atoms with Gasteiger partial charge in [-0.25, -0.2) is 0 Å². The Labute approximate surface area is 122 Å². The van der Waals surface area contributed by atoms with E-state index in [0.717, 1.165) is 14.2 Å². The van der Waals surface area contributed by atoms with Crippen molar-refractivity contribution in [3.05, 3.63) is 0 Å². The van der Waals surface area contributed by atoms with Crippen LogP contribution in [-0.2, 0) is 33.4 Å². The Morgan fingerprint density at radius 1 is 1.05 bits per heavy atom. The lowest BCUT2D eigenvalue weighted by molar-refractivity contribution is -0.162. The molecule has 120 valence electrons. The Morgan fingerprint density at radius 3 is 1.86 bits per heavy atom. The second-order valence-corrected chi connectivity index (χ2v) is 4.26. The molecule has 0 fully saturated rings. The van der Waals surface area contributed by atoms with Crippen LogP contribution in [0.15, 0.2) is 0 Å². The van der Waals surface area contributed by atoms with Crippen molar-refractivity contribution < 1.29 is 33.4 Å². The van der Waals surface area contributed by atoms with Crippen LogP contribution in [0.1, 0.15) is 6.92 Å². The number of rotatable bonds is 8. The van der Waals surface area contributed by atoms with E-state index in [1.807, 2.05) is 0 Å². The third-order valence-electron chi connectivity index (χ3n) is 2.86. The van der Waals surface area contributed by atoms with Gasteiger partial charge >= 0.3 is 11.9 Å². The summed E-state index contributed by atoms with van der Waals surface area (Å²) < 4.78 is 13.6. The van der Waals surface area contributed by atoms with Crippen LogP contribution in [0.4, 0.5) is 0 Å². The standard InChI is InChI=1S/C12H20N2O7/c1-6(8(11(17)20-3)12(18)21-4)9(10(13)16)14-7(15)5-19-2/h6,8-9H,5H2,1-4H3,(H2,13,16)(H,14,15)/t6-,9+/m0/s1. The molecular weight excluding hydrogens is 284 g/mol. The monoisotopic (exact) mass is 304 g/mol. The van der Waals surface area contributed by atoms with Crippen molar-refractivity contribution in [3.8, 4) is 0 Å². The van der Waals surface area contributed by atoms with Gasteiger partial charge in [0.25, 0.3) is 0 Å². The van der Waals surface area contributed by atoms with E-state index in [1.165, 1.54) is 14.0 Å². The Morgan fingerprint density at radius 2 is 1.52 bits per heavy atom. The molecule has 3 N–H and O–H groups in total. The van der Waals surface area contributed by atoms with E-state index in [-0.39, 0.29) is 6.61 Å². The molecule has 0 aromatic heterocycles. The van der Waals surface area contributed by atoms with Crippen LogP contribution in [0.3, 0.4) is 0 Å². The normalized spacial score (nSPS) is 13.2. The van der Waals surface area contributed by atoms with Crippen LogP contribution < -0.4 is 11.1 Å². The zero-order valence-electron chi connectivity index (χ0n) is 12.4. The van der Waals surface area contributed by atoms with Crippen molar-refractivity contribution in [2.45, 2.75) is 13.0 Å². The lowest BCUT2D eigenvalue weighted by Gasteiger charge is -2.26. The maximum atomic E-state index is 11.7. The first kappa shape index (κ1) is 18.8. The van der Waals surface area contributed by atoms with Crippen LogP contribution in [0.5, 0.6) is 0 Å². The molecule has 9 nitrogen and oxygen atoms in total. The minimum atomic E-state index is -1.39. The molecule has 21 heavy (non-hydrogen) atoms. The van der Waals surface area contributed by atoms with Gasteiger partial charge in [0.2, 0.25) is 11.8 Å². The smallest absolute Gasteiger partial charge is 0.320 e. The fourth-order valence-corrected chi connectivity index (χ4v) is 1.78. The Bertz CT molecular complexity index is 394. The van der Waals surface area contributed by atoms with Crippen LogP contribution >= 0.6 is 0 Å². The zero-order chi connectivity index (χ0) is 16.6. The van der Waals surface area contributed by atoms with Gasteiger partial charge in [-0.3, -0.25) is 19.2 Å². The molecule has 0 aliphatic rings. The second kappa shape index (κ2) is 8.90. The van der Waals surface area contributed by atoms with E-state index in [2.05, 4.69) is 19.5 Å². The van der Waals surface area contributed by atoms with Gasteiger partial charge in [-0.1, -0.05) is 6.92 Å². The minimum absolute atomic E-state index is 0.294. The lowest BCUT2D eigenvalue weighted by Crippen LogP contribution is -2.53. The van der Waals surface area contributed by atoms with E-state index in [9.17, 15) is 19.2 Å². The van der Waals surface area contributed by atoms with E-state index < -0.39 is 41.6 Å². The number of carbonyl (C=O) groups is 4. The number of carbonyl (C=O) groups excluding carboxylic acids is 4. The quantitative estimate of drug-likeness (QED) is 0.399. The second-order valence-electron chi connectivity index (χ2n) is 4.26. The highest BCUT2D eigenvalue weighted by Crippen LogP contribution is 2.19. The average molecular weight is 304 g/mol. The summed E-state index contributed by atoms with van der Waals surface area (Å²) in [6, 6.07) is -1.25. The van der Waals surface area contributed by atoms with Gasteiger partial charge in [-0.05, 0) is 0 Å². The molecule has 0 heterocycles. The van der Waals surface area contributed by atoms with E-state index in [4.69, 9.17) is 5.73 Å². The van der Waals surface area contributed by atoms with Crippen molar-refractivity contribution in [1.29, 1.82) is 0 Å². The van der Waals surface area contributed by atoms with Crippen LogP contribution in [-0.4, -0.2) is 57.7 Å². The van der Waals surface area contributed by atoms with Gasteiger partial charge < -0.3 is 25.3 Å². The molecule has 0 aromatic rings. The molecule has 0 aliphatic heterocycles. The van der Waals surface area contributed by atoms with Crippen molar-refractivity contribution in [2.75, 3.05) is 27.9 Å². The predicted octanol–water partition coefficient (Wildman–Crippen LogP) is -1.80. The maximum absolute atomic E-state index is 11.7. The number of hydrogen-bond acceptors (Lipinski definition) is 7. The molecule has 0 rings (SSSR count). The molecule has 0 unspecified atom stereocenters. The number of ether oxygens (including phenoxy) is 3. The summed E-state index contributed by atoms with van der Waals surface area (Å²) in [5.74, 6) is -5.63. The highest BCUT2D eigenvalue weighted by molar-refractivity contribution is 5.97.